The Hall–Kier alpha value is -0.550. The topological polar surface area (TPSA) is 27.0 Å². The fraction of sp³-hybridized carbons (Fsp3) is 0.944. The van der Waals surface area contributed by atoms with E-state index in [0.717, 1.165) is 18.3 Å². The van der Waals surface area contributed by atoms with Crippen molar-refractivity contribution in [3.8, 4) is 6.07 Å². The molecule has 3 unspecified atom stereocenters. The molecular weight excluding hydrogens is 244 g/mol. The lowest BCUT2D eigenvalue weighted by Crippen LogP contribution is -2.49. The molecule has 0 bridgehead atoms. The molecule has 0 heterocycles. The molecule has 2 rings (SSSR count). The van der Waals surface area contributed by atoms with E-state index in [1.54, 1.807) is 0 Å². The van der Waals surface area contributed by atoms with Crippen LogP contribution in [0.4, 0.5) is 0 Å². The largest absolute Gasteiger partial charge is 0.296 e. The summed E-state index contributed by atoms with van der Waals surface area (Å²) in [5.41, 5.74) is 0.376. The molecule has 114 valence electrons. The van der Waals surface area contributed by atoms with Gasteiger partial charge in [-0.25, -0.2) is 0 Å². The van der Waals surface area contributed by atoms with Crippen LogP contribution in [0.2, 0.25) is 0 Å². The van der Waals surface area contributed by atoms with Crippen LogP contribution in [0.15, 0.2) is 0 Å². The SMILES string of the molecule is CC(C)N(CC1CC1)C1CC(C(C)(C)C)CCC1C#N. The van der Waals surface area contributed by atoms with Gasteiger partial charge in [-0.3, -0.25) is 4.90 Å². The van der Waals surface area contributed by atoms with Crippen molar-refractivity contribution >= 4 is 0 Å². The molecule has 0 aliphatic heterocycles. The van der Waals surface area contributed by atoms with E-state index in [-0.39, 0.29) is 5.92 Å². The van der Waals surface area contributed by atoms with Gasteiger partial charge in [0, 0.05) is 18.6 Å². The first-order valence-corrected chi connectivity index (χ1v) is 8.48. The van der Waals surface area contributed by atoms with E-state index >= 15 is 0 Å². The van der Waals surface area contributed by atoms with Crippen LogP contribution in [0.25, 0.3) is 0 Å². The summed E-state index contributed by atoms with van der Waals surface area (Å²) < 4.78 is 0. The molecule has 0 aromatic heterocycles. The third-order valence-corrected chi connectivity index (χ3v) is 5.46. The number of nitrogens with zero attached hydrogens (tertiary/aromatic N) is 2. The molecule has 0 aromatic carbocycles. The standard InChI is InChI=1S/C18H32N2/c1-13(2)20(12-14-6-7-14)17-10-16(18(3,4)5)9-8-15(17)11-19/h13-17H,6-10,12H2,1-5H3. The summed E-state index contributed by atoms with van der Waals surface area (Å²) in [6.45, 7) is 12.9. The normalized spacial score (nSPS) is 31.6. The fourth-order valence-electron chi connectivity index (χ4n) is 3.78. The molecule has 20 heavy (non-hydrogen) atoms. The Bertz CT molecular complexity index is 357. The second kappa shape index (κ2) is 6.06. The minimum absolute atomic E-state index is 0.245. The Morgan fingerprint density at radius 1 is 1.15 bits per heavy atom. The number of rotatable bonds is 4. The minimum atomic E-state index is 0.245. The molecule has 3 atom stereocenters. The van der Waals surface area contributed by atoms with E-state index < -0.39 is 0 Å². The minimum Gasteiger partial charge on any atom is -0.296 e. The van der Waals surface area contributed by atoms with Crippen LogP contribution in [-0.2, 0) is 0 Å². The van der Waals surface area contributed by atoms with Gasteiger partial charge in [-0.15, -0.1) is 0 Å². The van der Waals surface area contributed by atoms with Crippen molar-refractivity contribution in [1.82, 2.24) is 4.90 Å². The highest BCUT2D eigenvalue weighted by atomic mass is 15.2. The molecule has 2 saturated carbocycles. The molecule has 2 fully saturated rings. The van der Waals surface area contributed by atoms with Gasteiger partial charge < -0.3 is 0 Å². The maximum Gasteiger partial charge on any atom is 0.0672 e. The molecule has 2 aliphatic rings. The van der Waals surface area contributed by atoms with Gasteiger partial charge in [-0.1, -0.05) is 20.8 Å². The van der Waals surface area contributed by atoms with E-state index in [0.29, 0.717) is 17.5 Å². The Morgan fingerprint density at radius 3 is 2.25 bits per heavy atom. The summed E-state index contributed by atoms with van der Waals surface area (Å²) in [6.07, 6.45) is 6.34. The number of nitriles is 1. The Balaban J connectivity index is 2.11. The molecule has 0 spiro atoms. The number of hydrogen-bond donors (Lipinski definition) is 0. The molecule has 2 nitrogen and oxygen atoms in total. The van der Waals surface area contributed by atoms with Gasteiger partial charge in [0.1, 0.15) is 0 Å². The molecule has 0 aromatic rings. The predicted octanol–water partition coefficient (Wildman–Crippen LogP) is 4.46. The van der Waals surface area contributed by atoms with Crippen molar-refractivity contribution in [3.05, 3.63) is 0 Å². The first-order chi connectivity index (χ1) is 9.32. The Kier molecular flexibility index (Phi) is 4.80. The van der Waals surface area contributed by atoms with E-state index in [4.69, 9.17) is 0 Å². The van der Waals surface area contributed by atoms with E-state index in [2.05, 4.69) is 45.6 Å². The third-order valence-electron chi connectivity index (χ3n) is 5.46. The van der Waals surface area contributed by atoms with Crippen LogP contribution in [0.3, 0.4) is 0 Å². The van der Waals surface area contributed by atoms with Gasteiger partial charge in [0.2, 0.25) is 0 Å². The molecular formula is C18H32N2. The molecule has 0 N–H and O–H groups in total. The molecule has 2 aliphatic carbocycles. The highest BCUT2D eigenvalue weighted by Gasteiger charge is 2.40. The van der Waals surface area contributed by atoms with Crippen LogP contribution in [-0.4, -0.2) is 23.5 Å². The molecule has 0 saturated heterocycles. The van der Waals surface area contributed by atoms with Crippen molar-refractivity contribution in [2.75, 3.05) is 6.54 Å². The average molecular weight is 276 g/mol. The van der Waals surface area contributed by atoms with Crippen molar-refractivity contribution in [3.63, 3.8) is 0 Å². The highest BCUT2D eigenvalue weighted by molar-refractivity contribution is 5.00. The van der Waals surface area contributed by atoms with Crippen molar-refractivity contribution < 1.29 is 0 Å². The summed E-state index contributed by atoms with van der Waals surface area (Å²) in [6, 6.07) is 3.66. The summed E-state index contributed by atoms with van der Waals surface area (Å²) in [5.74, 6) is 1.92. The molecule has 0 amide bonds. The van der Waals surface area contributed by atoms with Gasteiger partial charge in [0.25, 0.3) is 0 Å². The van der Waals surface area contributed by atoms with Crippen LogP contribution in [0.1, 0.15) is 66.7 Å². The zero-order valence-electron chi connectivity index (χ0n) is 14.0. The lowest BCUT2D eigenvalue weighted by atomic mass is 9.67. The number of hydrogen-bond acceptors (Lipinski definition) is 2. The van der Waals surface area contributed by atoms with Gasteiger partial charge in [-0.05, 0) is 63.2 Å². The van der Waals surface area contributed by atoms with Crippen LogP contribution in [0.5, 0.6) is 0 Å². The van der Waals surface area contributed by atoms with Gasteiger partial charge in [0.05, 0.1) is 12.0 Å². The first-order valence-electron chi connectivity index (χ1n) is 8.48. The third kappa shape index (κ3) is 3.76. The zero-order valence-corrected chi connectivity index (χ0v) is 14.0. The lowest BCUT2D eigenvalue weighted by molar-refractivity contribution is 0.0392. The summed E-state index contributed by atoms with van der Waals surface area (Å²) >= 11 is 0. The quantitative estimate of drug-likeness (QED) is 0.758. The van der Waals surface area contributed by atoms with Crippen LogP contribution < -0.4 is 0 Å². The maximum absolute atomic E-state index is 9.55. The second-order valence-electron chi connectivity index (χ2n) is 8.41. The summed E-state index contributed by atoms with van der Waals surface area (Å²) in [5, 5.41) is 9.55. The summed E-state index contributed by atoms with van der Waals surface area (Å²) in [4.78, 5) is 2.66. The van der Waals surface area contributed by atoms with Gasteiger partial charge >= 0.3 is 0 Å². The molecule has 2 heteroatoms. The van der Waals surface area contributed by atoms with Gasteiger partial charge in [0.15, 0.2) is 0 Å². The first kappa shape index (κ1) is 15.8. The highest BCUT2D eigenvalue weighted by Crippen LogP contribution is 2.43. The van der Waals surface area contributed by atoms with Crippen LogP contribution >= 0.6 is 0 Å². The van der Waals surface area contributed by atoms with Crippen molar-refractivity contribution in [2.24, 2.45) is 23.2 Å². The Labute approximate surface area is 125 Å². The monoisotopic (exact) mass is 276 g/mol. The molecule has 0 radical (unpaired) electrons. The van der Waals surface area contributed by atoms with E-state index in [1.165, 1.54) is 32.2 Å². The van der Waals surface area contributed by atoms with Crippen molar-refractivity contribution in [1.29, 1.82) is 5.26 Å². The zero-order chi connectivity index (χ0) is 14.9. The van der Waals surface area contributed by atoms with E-state index in [9.17, 15) is 5.26 Å². The van der Waals surface area contributed by atoms with Crippen LogP contribution in [0, 0.1) is 34.5 Å². The lowest BCUT2D eigenvalue weighted by Gasteiger charge is -2.46. The average Bonchev–Trinajstić information content (AvgIpc) is 3.17. The fourth-order valence-corrected chi connectivity index (χ4v) is 3.78. The Morgan fingerprint density at radius 2 is 1.80 bits per heavy atom. The smallest absolute Gasteiger partial charge is 0.0672 e. The van der Waals surface area contributed by atoms with Crippen molar-refractivity contribution in [2.45, 2.75) is 78.8 Å². The second-order valence-corrected chi connectivity index (χ2v) is 8.41. The maximum atomic E-state index is 9.55. The summed E-state index contributed by atoms with van der Waals surface area (Å²) in [7, 11) is 0. The van der Waals surface area contributed by atoms with E-state index in [1.807, 2.05) is 0 Å². The van der Waals surface area contributed by atoms with Gasteiger partial charge in [-0.2, -0.15) is 5.26 Å². The predicted molar refractivity (Wildman–Crippen MR) is 84.3 cm³/mol.